The topological polar surface area (TPSA) is 40.7 Å². The molecule has 0 radical (unpaired) electrons. The minimum absolute atomic E-state index is 0.181. The molecule has 0 aliphatic carbocycles. The van der Waals surface area contributed by atoms with Crippen molar-refractivity contribution in [1.82, 2.24) is 15.3 Å². The summed E-state index contributed by atoms with van der Waals surface area (Å²) in [5.74, 6) is -0.181. The monoisotopic (exact) mass is 265 g/mol. The number of benzene rings is 1. The van der Waals surface area contributed by atoms with Crippen molar-refractivity contribution in [2.75, 3.05) is 0 Å². The van der Waals surface area contributed by atoms with Crippen LogP contribution in [0.15, 0.2) is 40.6 Å². The maximum atomic E-state index is 13.8. The molecule has 96 valence electrons. The molecule has 0 atom stereocenters. The van der Waals surface area contributed by atoms with Gasteiger partial charge in [0.05, 0.1) is 0 Å². The molecule has 0 aliphatic heterocycles. The maximum absolute atomic E-state index is 13.8. The molecule has 0 aliphatic rings. The number of aromatic amines is 1. The number of rotatable bonds is 5. The Bertz CT molecular complexity index is 497. The van der Waals surface area contributed by atoms with E-state index >= 15 is 0 Å². The van der Waals surface area contributed by atoms with Crippen molar-refractivity contribution in [2.45, 2.75) is 36.5 Å². The summed E-state index contributed by atoms with van der Waals surface area (Å²) in [7, 11) is 0. The Morgan fingerprint density at radius 1 is 1.44 bits per heavy atom. The van der Waals surface area contributed by atoms with Crippen LogP contribution in [0.2, 0.25) is 0 Å². The van der Waals surface area contributed by atoms with Gasteiger partial charge < -0.3 is 10.3 Å². The van der Waals surface area contributed by atoms with Gasteiger partial charge in [-0.3, -0.25) is 0 Å². The standard InChI is InChI=1S/C13H16FN3S/c1-9(2)17-8-10-11(14)4-3-5-12(10)18-13-15-6-7-16-13/h3-7,9,17H,8H2,1-2H3,(H,15,16). The van der Waals surface area contributed by atoms with Crippen LogP contribution in [0.1, 0.15) is 19.4 Å². The van der Waals surface area contributed by atoms with Crippen LogP contribution in [-0.2, 0) is 6.54 Å². The second-order valence-electron chi connectivity index (χ2n) is 4.25. The van der Waals surface area contributed by atoms with Gasteiger partial charge in [0.2, 0.25) is 0 Å². The molecule has 2 N–H and O–H groups in total. The lowest BCUT2D eigenvalue weighted by Crippen LogP contribution is -2.22. The van der Waals surface area contributed by atoms with Crippen molar-refractivity contribution in [1.29, 1.82) is 0 Å². The van der Waals surface area contributed by atoms with E-state index in [4.69, 9.17) is 0 Å². The molecule has 1 aromatic heterocycles. The fourth-order valence-electron chi connectivity index (χ4n) is 1.52. The Kier molecular flexibility index (Phi) is 4.38. The fraction of sp³-hybridized carbons (Fsp3) is 0.308. The molecule has 0 amide bonds. The normalized spacial score (nSPS) is 11.1. The van der Waals surface area contributed by atoms with Gasteiger partial charge in [0.15, 0.2) is 5.16 Å². The molecule has 0 saturated carbocycles. The molecule has 0 fully saturated rings. The number of nitrogens with zero attached hydrogens (tertiary/aromatic N) is 1. The molecule has 18 heavy (non-hydrogen) atoms. The van der Waals surface area contributed by atoms with Crippen molar-refractivity contribution >= 4 is 11.8 Å². The number of halogens is 1. The third-order valence-electron chi connectivity index (χ3n) is 2.44. The Labute approximate surface area is 110 Å². The van der Waals surface area contributed by atoms with E-state index in [-0.39, 0.29) is 5.82 Å². The van der Waals surface area contributed by atoms with Crippen molar-refractivity contribution in [2.24, 2.45) is 0 Å². The van der Waals surface area contributed by atoms with Gasteiger partial charge in [-0.15, -0.1) is 0 Å². The highest BCUT2D eigenvalue weighted by molar-refractivity contribution is 7.99. The first-order valence-corrected chi connectivity index (χ1v) is 6.66. The van der Waals surface area contributed by atoms with Gasteiger partial charge in [-0.2, -0.15) is 0 Å². The SMILES string of the molecule is CC(C)NCc1c(F)cccc1Sc1ncc[nH]1. The molecule has 5 heteroatoms. The van der Waals surface area contributed by atoms with E-state index < -0.39 is 0 Å². The zero-order chi connectivity index (χ0) is 13.0. The molecule has 0 unspecified atom stereocenters. The average molecular weight is 265 g/mol. The van der Waals surface area contributed by atoms with Crippen LogP contribution >= 0.6 is 11.8 Å². The van der Waals surface area contributed by atoms with E-state index in [1.165, 1.54) is 17.8 Å². The second kappa shape index (κ2) is 6.02. The van der Waals surface area contributed by atoms with Crippen LogP contribution in [0.5, 0.6) is 0 Å². The Morgan fingerprint density at radius 2 is 2.28 bits per heavy atom. The molecule has 1 aromatic carbocycles. The van der Waals surface area contributed by atoms with E-state index in [1.54, 1.807) is 18.5 Å². The molecule has 0 spiro atoms. The van der Waals surface area contributed by atoms with E-state index in [2.05, 4.69) is 15.3 Å². The maximum Gasteiger partial charge on any atom is 0.170 e. The second-order valence-corrected chi connectivity index (χ2v) is 5.28. The third-order valence-corrected chi connectivity index (χ3v) is 3.46. The molecular weight excluding hydrogens is 249 g/mol. The average Bonchev–Trinajstić information content (AvgIpc) is 2.81. The summed E-state index contributed by atoms with van der Waals surface area (Å²) in [6.45, 7) is 4.60. The van der Waals surface area contributed by atoms with Gasteiger partial charge in [0.25, 0.3) is 0 Å². The molecule has 0 bridgehead atoms. The third kappa shape index (κ3) is 3.34. The van der Waals surface area contributed by atoms with Crippen LogP contribution in [0.25, 0.3) is 0 Å². The van der Waals surface area contributed by atoms with Crippen molar-refractivity contribution in [3.63, 3.8) is 0 Å². The van der Waals surface area contributed by atoms with E-state index in [0.29, 0.717) is 18.2 Å². The Morgan fingerprint density at radius 3 is 2.94 bits per heavy atom. The van der Waals surface area contributed by atoms with Gasteiger partial charge in [-0.25, -0.2) is 9.37 Å². The first kappa shape index (κ1) is 13.1. The van der Waals surface area contributed by atoms with Crippen molar-refractivity contribution in [3.05, 3.63) is 42.0 Å². The van der Waals surface area contributed by atoms with Gasteiger partial charge in [0.1, 0.15) is 5.82 Å². The van der Waals surface area contributed by atoms with Gasteiger partial charge >= 0.3 is 0 Å². The summed E-state index contributed by atoms with van der Waals surface area (Å²) in [5, 5.41) is 4.01. The fourth-order valence-corrected chi connectivity index (χ4v) is 2.41. The van der Waals surface area contributed by atoms with E-state index in [0.717, 1.165) is 10.1 Å². The van der Waals surface area contributed by atoms with Crippen LogP contribution in [0.3, 0.4) is 0 Å². The summed E-state index contributed by atoms with van der Waals surface area (Å²) < 4.78 is 13.8. The largest absolute Gasteiger partial charge is 0.339 e. The van der Waals surface area contributed by atoms with Crippen molar-refractivity contribution < 1.29 is 4.39 Å². The highest BCUT2D eigenvalue weighted by Crippen LogP contribution is 2.29. The predicted molar refractivity (Wildman–Crippen MR) is 71.1 cm³/mol. The number of H-pyrrole nitrogens is 1. The minimum atomic E-state index is -0.181. The molecule has 3 nitrogen and oxygen atoms in total. The Hall–Kier alpha value is -1.33. The quantitative estimate of drug-likeness (QED) is 0.872. The summed E-state index contributed by atoms with van der Waals surface area (Å²) in [5.41, 5.74) is 0.688. The number of imidazole rings is 1. The predicted octanol–water partition coefficient (Wildman–Crippen LogP) is 3.20. The summed E-state index contributed by atoms with van der Waals surface area (Å²) in [6.07, 6.45) is 3.45. The number of hydrogen-bond acceptors (Lipinski definition) is 3. The zero-order valence-electron chi connectivity index (χ0n) is 10.4. The van der Waals surface area contributed by atoms with Crippen LogP contribution in [-0.4, -0.2) is 16.0 Å². The lowest BCUT2D eigenvalue weighted by Gasteiger charge is -2.12. The molecule has 1 heterocycles. The van der Waals surface area contributed by atoms with Gasteiger partial charge in [-0.05, 0) is 12.1 Å². The van der Waals surface area contributed by atoms with Crippen LogP contribution in [0, 0.1) is 5.82 Å². The van der Waals surface area contributed by atoms with E-state index in [9.17, 15) is 4.39 Å². The first-order chi connectivity index (χ1) is 8.66. The number of hydrogen-bond donors (Lipinski definition) is 2. The summed E-state index contributed by atoms with van der Waals surface area (Å²) in [6, 6.07) is 5.45. The smallest absolute Gasteiger partial charge is 0.170 e. The highest BCUT2D eigenvalue weighted by Gasteiger charge is 2.11. The molecular formula is C13H16FN3S. The number of nitrogens with one attached hydrogen (secondary N) is 2. The lowest BCUT2D eigenvalue weighted by molar-refractivity contribution is 0.546. The highest BCUT2D eigenvalue weighted by atomic mass is 32.2. The van der Waals surface area contributed by atoms with Crippen molar-refractivity contribution in [3.8, 4) is 0 Å². The van der Waals surface area contributed by atoms with Gasteiger partial charge in [-0.1, -0.05) is 31.7 Å². The molecule has 2 aromatic rings. The Balaban J connectivity index is 2.20. The minimum Gasteiger partial charge on any atom is -0.339 e. The van der Waals surface area contributed by atoms with Crippen LogP contribution in [0.4, 0.5) is 4.39 Å². The lowest BCUT2D eigenvalue weighted by atomic mass is 10.2. The molecule has 0 saturated heterocycles. The summed E-state index contributed by atoms with van der Waals surface area (Å²) >= 11 is 1.44. The van der Waals surface area contributed by atoms with Gasteiger partial charge in [0, 0.05) is 35.4 Å². The first-order valence-electron chi connectivity index (χ1n) is 5.85. The number of aromatic nitrogens is 2. The van der Waals surface area contributed by atoms with Crippen LogP contribution < -0.4 is 5.32 Å². The van der Waals surface area contributed by atoms with E-state index in [1.807, 2.05) is 19.9 Å². The summed E-state index contributed by atoms with van der Waals surface area (Å²) in [4.78, 5) is 8.04. The zero-order valence-corrected chi connectivity index (χ0v) is 11.2. The molecule has 2 rings (SSSR count).